The van der Waals surface area contributed by atoms with Crippen molar-refractivity contribution >= 4 is 62.7 Å². The second kappa shape index (κ2) is 18.6. The van der Waals surface area contributed by atoms with Gasteiger partial charge >= 0.3 is 5.69 Å². The fourth-order valence-electron chi connectivity index (χ4n) is 3.49. The molecule has 44 heavy (non-hydrogen) atoms. The van der Waals surface area contributed by atoms with Gasteiger partial charge < -0.3 is 38.5 Å². The summed E-state index contributed by atoms with van der Waals surface area (Å²) in [6, 6.07) is -1.92. The van der Waals surface area contributed by atoms with E-state index in [9.17, 15) is 38.9 Å². The largest absolute Gasteiger partial charge is 0.370 e. The molecule has 244 valence electrons. The third-order valence-electron chi connectivity index (χ3n) is 5.92. The van der Waals surface area contributed by atoms with Crippen LogP contribution in [-0.4, -0.2) is 81.8 Å². The lowest BCUT2D eigenvalue weighted by Crippen LogP contribution is -2.60. The van der Waals surface area contributed by atoms with Crippen molar-refractivity contribution in [1.29, 1.82) is 0 Å². The normalized spacial score (nSPS) is 13.7. The van der Waals surface area contributed by atoms with Crippen LogP contribution in [0.2, 0.25) is 0 Å². The van der Waals surface area contributed by atoms with Gasteiger partial charge in [0.15, 0.2) is 5.03 Å². The molecular formula is C25H39N9O8S2. The first-order valence-corrected chi connectivity index (χ1v) is 15.8. The van der Waals surface area contributed by atoms with Gasteiger partial charge in [0.25, 0.3) is 0 Å². The van der Waals surface area contributed by atoms with E-state index in [1.165, 1.54) is 18.3 Å². The summed E-state index contributed by atoms with van der Waals surface area (Å²) < 4.78 is 0. The molecule has 0 unspecified atom stereocenters. The van der Waals surface area contributed by atoms with Gasteiger partial charge in [0.05, 0.1) is 17.5 Å². The summed E-state index contributed by atoms with van der Waals surface area (Å²) in [4.78, 5) is 88.8. The monoisotopic (exact) mass is 657 g/mol. The van der Waals surface area contributed by atoms with E-state index in [1.54, 1.807) is 27.7 Å². The van der Waals surface area contributed by atoms with Crippen molar-refractivity contribution in [1.82, 2.24) is 26.3 Å². The highest BCUT2D eigenvalue weighted by molar-refractivity contribution is 8.76. The van der Waals surface area contributed by atoms with Gasteiger partial charge in [-0.25, -0.2) is 4.98 Å². The maximum atomic E-state index is 13.4. The van der Waals surface area contributed by atoms with Gasteiger partial charge in [-0.1, -0.05) is 38.5 Å². The molecule has 0 saturated heterocycles. The van der Waals surface area contributed by atoms with E-state index in [0.29, 0.717) is 0 Å². The molecule has 1 rings (SSSR count). The fraction of sp³-hybridized carbons (Fsp3) is 0.560. The SMILES string of the molecule is CC(C)[C@H](NC(=O)[C@@H](NC(=O)[C@@H](N)CCC(N)=O)C(C)C)C(=O)N[C@@H](CSSc1ncccc1[N+](=O)[O-])C(=O)NCC(N)=O. The third kappa shape index (κ3) is 13.1. The molecule has 4 atom stereocenters. The number of carbonyl (C=O) groups excluding carboxylic acids is 6. The Morgan fingerprint density at radius 3 is 2.00 bits per heavy atom. The van der Waals surface area contributed by atoms with Crippen molar-refractivity contribution in [2.75, 3.05) is 12.3 Å². The molecule has 0 aliphatic heterocycles. The lowest BCUT2D eigenvalue weighted by molar-refractivity contribution is -0.388. The van der Waals surface area contributed by atoms with Gasteiger partial charge in [0.2, 0.25) is 35.4 Å². The predicted octanol–water partition coefficient (Wildman–Crippen LogP) is -1.31. The Bertz CT molecular complexity index is 1220. The highest BCUT2D eigenvalue weighted by atomic mass is 33.1. The van der Waals surface area contributed by atoms with Gasteiger partial charge in [-0.15, -0.1) is 0 Å². The van der Waals surface area contributed by atoms with Gasteiger partial charge in [0, 0.05) is 24.4 Å². The van der Waals surface area contributed by atoms with Crippen molar-refractivity contribution in [3.63, 3.8) is 0 Å². The van der Waals surface area contributed by atoms with Crippen LogP contribution in [-0.2, 0) is 28.8 Å². The Balaban J connectivity index is 3.05. The van der Waals surface area contributed by atoms with E-state index in [-0.39, 0.29) is 29.3 Å². The fourth-order valence-corrected chi connectivity index (χ4v) is 5.70. The highest BCUT2D eigenvalue weighted by Gasteiger charge is 2.33. The van der Waals surface area contributed by atoms with Gasteiger partial charge in [0.1, 0.15) is 18.1 Å². The van der Waals surface area contributed by atoms with Gasteiger partial charge in [-0.2, -0.15) is 0 Å². The number of nitrogens with one attached hydrogen (secondary N) is 4. The summed E-state index contributed by atoms with van der Waals surface area (Å²) in [6.45, 7) is 6.14. The van der Waals surface area contributed by atoms with E-state index in [4.69, 9.17) is 17.2 Å². The number of primary amides is 2. The molecule has 10 N–H and O–H groups in total. The number of pyridine rings is 1. The number of nitrogens with zero attached hydrogens (tertiary/aromatic N) is 2. The molecule has 6 amide bonds. The molecule has 0 aliphatic rings. The Kier molecular flexibility index (Phi) is 16.1. The Labute approximate surface area is 261 Å². The molecule has 0 fully saturated rings. The molecule has 0 aliphatic carbocycles. The van der Waals surface area contributed by atoms with E-state index in [1.807, 2.05) is 0 Å². The van der Waals surface area contributed by atoms with Crippen LogP contribution < -0.4 is 38.5 Å². The molecule has 0 spiro atoms. The zero-order valence-corrected chi connectivity index (χ0v) is 26.4. The molecular weight excluding hydrogens is 618 g/mol. The van der Waals surface area contributed by atoms with Crippen LogP contribution in [0, 0.1) is 22.0 Å². The van der Waals surface area contributed by atoms with Crippen LogP contribution in [0.4, 0.5) is 5.69 Å². The average Bonchev–Trinajstić information content (AvgIpc) is 2.94. The zero-order valence-electron chi connectivity index (χ0n) is 24.7. The van der Waals surface area contributed by atoms with E-state index < -0.39 is 82.9 Å². The van der Waals surface area contributed by atoms with Crippen LogP contribution >= 0.6 is 21.6 Å². The second-order valence-electron chi connectivity index (χ2n) is 10.3. The van der Waals surface area contributed by atoms with Gasteiger partial charge in [-0.05, 0) is 35.1 Å². The quantitative estimate of drug-likeness (QED) is 0.0519. The number of rotatable bonds is 19. The maximum Gasteiger partial charge on any atom is 0.302 e. The first-order chi connectivity index (χ1) is 20.5. The second-order valence-corrected chi connectivity index (χ2v) is 12.6. The summed E-state index contributed by atoms with van der Waals surface area (Å²) in [6.07, 6.45) is 1.23. The molecule has 17 nitrogen and oxygen atoms in total. The summed E-state index contributed by atoms with van der Waals surface area (Å²) >= 11 is 0. The first kappa shape index (κ1) is 38.1. The Morgan fingerprint density at radius 1 is 0.909 bits per heavy atom. The lowest BCUT2D eigenvalue weighted by atomic mass is 9.99. The first-order valence-electron chi connectivity index (χ1n) is 13.4. The van der Waals surface area contributed by atoms with Crippen LogP contribution in [0.5, 0.6) is 0 Å². The van der Waals surface area contributed by atoms with Gasteiger partial charge in [-0.3, -0.25) is 38.9 Å². The molecule has 19 heteroatoms. The number of hydrogen-bond acceptors (Lipinski definition) is 12. The van der Waals surface area contributed by atoms with Crippen LogP contribution in [0.1, 0.15) is 40.5 Å². The van der Waals surface area contributed by atoms with Crippen molar-refractivity contribution < 1.29 is 33.7 Å². The van der Waals surface area contributed by atoms with Crippen molar-refractivity contribution in [3.05, 3.63) is 28.4 Å². The number of nitro groups is 1. The summed E-state index contributed by atoms with van der Waals surface area (Å²) in [5.74, 6) is -5.33. The van der Waals surface area contributed by atoms with Crippen LogP contribution in [0.25, 0.3) is 0 Å². The molecule has 0 bridgehead atoms. The number of carbonyl (C=O) groups is 6. The molecule has 1 heterocycles. The summed E-state index contributed by atoms with van der Waals surface area (Å²) in [5.41, 5.74) is 15.8. The van der Waals surface area contributed by atoms with Crippen molar-refractivity contribution in [3.8, 4) is 0 Å². The summed E-state index contributed by atoms with van der Waals surface area (Å²) in [5, 5.41) is 21.4. The number of hydrogen-bond donors (Lipinski definition) is 7. The molecule has 1 aromatic heterocycles. The Hall–Kier alpha value is -3.97. The lowest BCUT2D eigenvalue weighted by Gasteiger charge is -2.28. The number of nitrogens with two attached hydrogens (primary N) is 3. The highest BCUT2D eigenvalue weighted by Crippen LogP contribution is 2.35. The zero-order chi connectivity index (χ0) is 33.6. The smallest absolute Gasteiger partial charge is 0.302 e. The minimum atomic E-state index is -1.25. The molecule has 0 radical (unpaired) electrons. The number of amides is 6. The number of aromatic nitrogens is 1. The average molecular weight is 658 g/mol. The molecule has 0 aromatic carbocycles. The van der Waals surface area contributed by atoms with Crippen molar-refractivity contribution in [2.24, 2.45) is 29.0 Å². The Morgan fingerprint density at radius 2 is 1.48 bits per heavy atom. The minimum absolute atomic E-state index is 0.0200. The van der Waals surface area contributed by atoms with Crippen LogP contribution in [0.15, 0.2) is 23.4 Å². The predicted molar refractivity (Wildman–Crippen MR) is 163 cm³/mol. The maximum absolute atomic E-state index is 13.4. The van der Waals surface area contributed by atoms with E-state index >= 15 is 0 Å². The van der Waals surface area contributed by atoms with Crippen molar-refractivity contribution in [2.45, 2.75) is 69.7 Å². The van der Waals surface area contributed by atoms with E-state index in [2.05, 4.69) is 26.3 Å². The molecule has 0 saturated carbocycles. The minimum Gasteiger partial charge on any atom is -0.370 e. The van der Waals surface area contributed by atoms with Crippen LogP contribution in [0.3, 0.4) is 0 Å². The third-order valence-corrected chi connectivity index (χ3v) is 8.22. The standard InChI is InChI=1S/C25H39N9O8S2/c1-12(2)19(33-24(40)20(13(3)4)32-21(37)14(26)7-8-17(27)35)23(39)31-15(22(38)30-10-18(28)36)11-43-44-25-16(34(41)42)6-5-9-29-25/h5-6,9,12-15,19-20H,7-8,10-11,26H2,1-4H3,(H2,27,35)(H2,28,36)(H,30,38)(H,31,39)(H,32,37)(H,33,40)/t14-,15-,19-,20-/m0/s1. The topological polar surface area (TPSA) is 285 Å². The molecule has 1 aromatic rings. The van der Waals surface area contributed by atoms with E-state index in [0.717, 1.165) is 21.6 Å². The summed E-state index contributed by atoms with van der Waals surface area (Å²) in [7, 11) is 1.90.